The van der Waals surface area contributed by atoms with Crippen LogP contribution in [0.15, 0.2) is 66.7 Å². The highest BCUT2D eigenvalue weighted by molar-refractivity contribution is 6.23. The SMILES string of the molecule is CCc1ccc2c(c1)[C@H]1c3ccccc3[C@H]2[C@@H]2C(=O)N(c3ccccc3C)C(=O)[C@H]12. The van der Waals surface area contributed by atoms with E-state index in [9.17, 15) is 9.59 Å². The Morgan fingerprint density at radius 2 is 1.30 bits per heavy atom. The molecular formula is C27H23NO2. The van der Waals surface area contributed by atoms with Gasteiger partial charge in [-0.15, -0.1) is 0 Å². The summed E-state index contributed by atoms with van der Waals surface area (Å²) >= 11 is 0. The Bertz CT molecular complexity index is 1230. The number of carbonyl (C=O) groups is 2. The predicted octanol–water partition coefficient (Wildman–Crippen LogP) is 4.95. The number of amides is 2. The Hall–Kier alpha value is -3.20. The Kier molecular flexibility index (Phi) is 3.62. The maximum Gasteiger partial charge on any atom is 0.238 e. The highest BCUT2D eigenvalue weighted by Crippen LogP contribution is 2.61. The number of anilines is 1. The summed E-state index contributed by atoms with van der Waals surface area (Å²) < 4.78 is 0. The average Bonchev–Trinajstić information content (AvgIpc) is 3.04. The van der Waals surface area contributed by atoms with Crippen molar-refractivity contribution in [2.24, 2.45) is 11.8 Å². The zero-order valence-electron chi connectivity index (χ0n) is 17.1. The molecule has 4 atom stereocenters. The van der Waals surface area contributed by atoms with Crippen molar-refractivity contribution in [3.05, 3.63) is 100 Å². The first-order valence-corrected chi connectivity index (χ1v) is 10.8. The molecule has 2 amide bonds. The predicted molar refractivity (Wildman–Crippen MR) is 117 cm³/mol. The second kappa shape index (κ2) is 6.15. The minimum absolute atomic E-state index is 0.0450. The molecule has 1 heterocycles. The van der Waals surface area contributed by atoms with Crippen LogP contribution < -0.4 is 4.90 Å². The van der Waals surface area contributed by atoms with Gasteiger partial charge >= 0.3 is 0 Å². The van der Waals surface area contributed by atoms with Crippen molar-refractivity contribution < 1.29 is 9.59 Å². The van der Waals surface area contributed by atoms with Crippen molar-refractivity contribution in [2.45, 2.75) is 32.1 Å². The van der Waals surface area contributed by atoms with Gasteiger partial charge in [0.2, 0.25) is 11.8 Å². The van der Waals surface area contributed by atoms with E-state index in [0.717, 1.165) is 17.7 Å². The van der Waals surface area contributed by atoms with Gasteiger partial charge in [-0.1, -0.05) is 67.6 Å². The summed E-state index contributed by atoms with van der Waals surface area (Å²) in [5.74, 6) is -0.843. The van der Waals surface area contributed by atoms with Crippen molar-refractivity contribution in [1.29, 1.82) is 0 Å². The molecule has 2 bridgehead atoms. The average molecular weight is 393 g/mol. The van der Waals surface area contributed by atoms with E-state index in [0.29, 0.717) is 0 Å². The van der Waals surface area contributed by atoms with Gasteiger partial charge in [0.1, 0.15) is 0 Å². The minimum Gasteiger partial charge on any atom is -0.274 e. The highest BCUT2D eigenvalue weighted by Gasteiger charge is 2.61. The fourth-order valence-corrected chi connectivity index (χ4v) is 6.05. The minimum atomic E-state index is -0.323. The number of hydrogen-bond acceptors (Lipinski definition) is 2. The van der Waals surface area contributed by atoms with Crippen LogP contribution in [0.4, 0.5) is 5.69 Å². The Morgan fingerprint density at radius 1 is 0.733 bits per heavy atom. The molecule has 3 nitrogen and oxygen atoms in total. The molecule has 3 aliphatic carbocycles. The topological polar surface area (TPSA) is 37.4 Å². The molecule has 0 radical (unpaired) electrons. The van der Waals surface area contributed by atoms with Crippen molar-refractivity contribution in [2.75, 3.05) is 4.90 Å². The Labute approximate surface area is 176 Å². The summed E-state index contributed by atoms with van der Waals surface area (Å²) in [4.78, 5) is 29.0. The zero-order valence-corrected chi connectivity index (χ0v) is 17.1. The lowest BCUT2D eigenvalue weighted by molar-refractivity contribution is -0.122. The molecule has 0 spiro atoms. The van der Waals surface area contributed by atoms with Crippen LogP contribution in [0.1, 0.15) is 52.1 Å². The fourth-order valence-electron chi connectivity index (χ4n) is 6.05. The smallest absolute Gasteiger partial charge is 0.238 e. The largest absolute Gasteiger partial charge is 0.274 e. The number of carbonyl (C=O) groups excluding carboxylic acids is 2. The molecule has 3 aromatic rings. The molecule has 30 heavy (non-hydrogen) atoms. The Morgan fingerprint density at radius 3 is 1.93 bits per heavy atom. The van der Waals surface area contributed by atoms with E-state index >= 15 is 0 Å². The van der Waals surface area contributed by atoms with E-state index in [2.05, 4.69) is 49.4 Å². The van der Waals surface area contributed by atoms with E-state index in [1.165, 1.54) is 32.7 Å². The first-order valence-electron chi connectivity index (χ1n) is 10.8. The molecule has 0 N–H and O–H groups in total. The zero-order chi connectivity index (χ0) is 20.6. The second-order valence-corrected chi connectivity index (χ2v) is 8.75. The van der Waals surface area contributed by atoms with Crippen LogP contribution in [0.2, 0.25) is 0 Å². The lowest BCUT2D eigenvalue weighted by Crippen LogP contribution is -2.41. The lowest BCUT2D eigenvalue weighted by atomic mass is 9.55. The van der Waals surface area contributed by atoms with Gasteiger partial charge in [-0.05, 0) is 52.8 Å². The van der Waals surface area contributed by atoms with E-state index < -0.39 is 0 Å². The van der Waals surface area contributed by atoms with Crippen molar-refractivity contribution in [1.82, 2.24) is 0 Å². The fraction of sp³-hybridized carbons (Fsp3) is 0.259. The monoisotopic (exact) mass is 393 g/mol. The molecule has 0 unspecified atom stereocenters. The molecule has 1 saturated heterocycles. The normalized spacial score (nSPS) is 25.9. The molecule has 3 aromatic carbocycles. The number of imide groups is 1. The van der Waals surface area contributed by atoms with Gasteiger partial charge < -0.3 is 0 Å². The maximum atomic E-state index is 13.8. The Balaban J connectivity index is 1.58. The number of hydrogen-bond donors (Lipinski definition) is 0. The summed E-state index contributed by atoms with van der Waals surface area (Å²) in [5, 5.41) is 0. The van der Waals surface area contributed by atoms with Gasteiger partial charge in [0.25, 0.3) is 0 Å². The summed E-state index contributed by atoms with van der Waals surface area (Å²) in [6.07, 6.45) is 0.961. The third-order valence-electron chi connectivity index (χ3n) is 7.37. The molecule has 0 saturated carbocycles. The highest BCUT2D eigenvalue weighted by atomic mass is 16.2. The van der Waals surface area contributed by atoms with Crippen LogP contribution in [-0.4, -0.2) is 11.8 Å². The van der Waals surface area contributed by atoms with Crippen LogP contribution in [0, 0.1) is 18.8 Å². The molecule has 3 heteroatoms. The number of benzene rings is 3. The lowest BCUT2D eigenvalue weighted by Gasteiger charge is -2.46. The van der Waals surface area contributed by atoms with Gasteiger partial charge in [0, 0.05) is 11.8 Å². The van der Waals surface area contributed by atoms with Gasteiger partial charge in [-0.2, -0.15) is 0 Å². The van der Waals surface area contributed by atoms with Gasteiger partial charge in [0.15, 0.2) is 0 Å². The number of rotatable bonds is 2. The van der Waals surface area contributed by atoms with Gasteiger partial charge in [-0.25, -0.2) is 4.90 Å². The maximum absolute atomic E-state index is 13.8. The first-order chi connectivity index (χ1) is 14.6. The number of nitrogens with zero attached hydrogens (tertiary/aromatic N) is 1. The number of para-hydroxylation sites is 1. The van der Waals surface area contributed by atoms with E-state index in [4.69, 9.17) is 0 Å². The van der Waals surface area contributed by atoms with E-state index in [-0.39, 0.29) is 35.5 Å². The molecule has 7 rings (SSSR count). The van der Waals surface area contributed by atoms with Crippen LogP contribution in [0.3, 0.4) is 0 Å². The molecule has 0 aromatic heterocycles. The first kappa shape index (κ1) is 17.6. The van der Waals surface area contributed by atoms with Crippen LogP contribution in [0.25, 0.3) is 0 Å². The number of aryl methyl sites for hydroxylation is 2. The van der Waals surface area contributed by atoms with Crippen LogP contribution in [-0.2, 0) is 16.0 Å². The molecular weight excluding hydrogens is 370 g/mol. The second-order valence-electron chi connectivity index (χ2n) is 8.75. The summed E-state index contributed by atoms with van der Waals surface area (Å²) in [6.45, 7) is 4.12. The van der Waals surface area contributed by atoms with Crippen LogP contribution >= 0.6 is 0 Å². The van der Waals surface area contributed by atoms with Crippen molar-refractivity contribution in [3.8, 4) is 0 Å². The molecule has 1 aliphatic heterocycles. The third-order valence-corrected chi connectivity index (χ3v) is 7.37. The van der Waals surface area contributed by atoms with E-state index in [1.807, 2.05) is 31.2 Å². The summed E-state index contributed by atoms with van der Waals surface area (Å²) in [5.41, 5.74) is 7.86. The summed E-state index contributed by atoms with van der Waals surface area (Å²) in [7, 11) is 0. The van der Waals surface area contributed by atoms with Crippen molar-refractivity contribution in [3.63, 3.8) is 0 Å². The van der Waals surface area contributed by atoms with Gasteiger partial charge in [0.05, 0.1) is 17.5 Å². The summed E-state index contributed by atoms with van der Waals surface area (Å²) in [6, 6.07) is 22.7. The quantitative estimate of drug-likeness (QED) is 0.578. The molecule has 148 valence electrons. The van der Waals surface area contributed by atoms with Crippen molar-refractivity contribution >= 4 is 17.5 Å². The van der Waals surface area contributed by atoms with Gasteiger partial charge in [-0.3, -0.25) is 9.59 Å². The standard InChI is InChI=1S/C27H23NO2/c1-3-16-12-13-19-20(14-16)23-18-10-6-5-9-17(18)22(19)24-25(23)27(30)28(26(24)29)21-11-7-4-8-15(21)2/h4-14,22-25H,3H2,1-2H3/t22-,23-,24+,25-/m1/s1. The van der Waals surface area contributed by atoms with Crippen LogP contribution in [0.5, 0.6) is 0 Å². The molecule has 4 aliphatic rings. The molecule has 1 fully saturated rings. The van der Waals surface area contributed by atoms with E-state index in [1.54, 1.807) is 0 Å². The third kappa shape index (κ3) is 2.10.